The molecule has 0 rings (SSSR count). The summed E-state index contributed by atoms with van der Waals surface area (Å²) in [5.41, 5.74) is 0. The van der Waals surface area contributed by atoms with Crippen molar-refractivity contribution in [1.82, 2.24) is 0 Å². The summed E-state index contributed by atoms with van der Waals surface area (Å²) in [4.78, 5) is 0. The standard InChI is InChI=1S/C11H23O3/c1-2-3-4-5-6-7-8-14-10-11(13)9-12/h9,11-13H,2-8,10H2,1H3. The molecule has 0 aromatic heterocycles. The van der Waals surface area contributed by atoms with Crippen LogP contribution < -0.4 is 0 Å². The Kier molecular flexibility index (Phi) is 10.9. The van der Waals surface area contributed by atoms with Crippen molar-refractivity contribution in [3.63, 3.8) is 0 Å². The Morgan fingerprint density at radius 2 is 1.79 bits per heavy atom. The highest BCUT2D eigenvalue weighted by Gasteiger charge is 2.01. The first kappa shape index (κ1) is 13.9. The maximum atomic E-state index is 8.90. The average molecular weight is 203 g/mol. The van der Waals surface area contributed by atoms with Gasteiger partial charge in [-0.1, -0.05) is 39.0 Å². The lowest BCUT2D eigenvalue weighted by molar-refractivity contribution is 0.0293. The van der Waals surface area contributed by atoms with Crippen molar-refractivity contribution in [2.75, 3.05) is 13.2 Å². The third-order valence-electron chi connectivity index (χ3n) is 2.10. The second-order valence-corrected chi connectivity index (χ2v) is 3.56. The molecule has 3 heteroatoms. The van der Waals surface area contributed by atoms with Gasteiger partial charge in [0.05, 0.1) is 6.61 Å². The third-order valence-corrected chi connectivity index (χ3v) is 2.10. The number of hydrogen-bond donors (Lipinski definition) is 2. The van der Waals surface area contributed by atoms with Crippen molar-refractivity contribution in [1.29, 1.82) is 0 Å². The third kappa shape index (κ3) is 9.96. The molecule has 14 heavy (non-hydrogen) atoms. The molecule has 0 saturated heterocycles. The molecule has 0 amide bonds. The molecule has 0 fully saturated rings. The van der Waals surface area contributed by atoms with E-state index >= 15 is 0 Å². The molecule has 0 aliphatic rings. The Labute approximate surface area is 87.1 Å². The fourth-order valence-electron chi connectivity index (χ4n) is 1.23. The first-order chi connectivity index (χ1) is 6.81. The van der Waals surface area contributed by atoms with E-state index in [0.29, 0.717) is 6.61 Å². The van der Waals surface area contributed by atoms with Gasteiger partial charge in [0.15, 0.2) is 0 Å². The molecule has 1 atom stereocenters. The highest BCUT2D eigenvalue weighted by atomic mass is 16.5. The molecule has 0 aromatic carbocycles. The first-order valence-electron chi connectivity index (χ1n) is 5.54. The van der Waals surface area contributed by atoms with Crippen LogP contribution >= 0.6 is 0 Å². The normalized spacial score (nSPS) is 13.1. The van der Waals surface area contributed by atoms with Crippen molar-refractivity contribution in [2.45, 2.75) is 51.6 Å². The molecule has 0 spiro atoms. The van der Waals surface area contributed by atoms with E-state index in [-0.39, 0.29) is 6.61 Å². The Morgan fingerprint density at radius 1 is 1.14 bits per heavy atom. The SMILES string of the molecule is CCCCCCCCOCC(O)[CH]O. The van der Waals surface area contributed by atoms with Gasteiger partial charge in [-0.3, -0.25) is 0 Å². The molecule has 0 saturated carbocycles. The van der Waals surface area contributed by atoms with Crippen LogP contribution in [-0.2, 0) is 4.74 Å². The molecule has 0 aromatic rings. The van der Waals surface area contributed by atoms with Crippen LogP contribution in [0.1, 0.15) is 45.4 Å². The van der Waals surface area contributed by atoms with Gasteiger partial charge in [0, 0.05) is 6.61 Å². The lowest BCUT2D eigenvalue weighted by atomic mass is 10.1. The van der Waals surface area contributed by atoms with E-state index in [4.69, 9.17) is 14.9 Å². The predicted octanol–water partition coefficient (Wildman–Crippen LogP) is 2.26. The van der Waals surface area contributed by atoms with Crippen molar-refractivity contribution in [3.05, 3.63) is 6.61 Å². The minimum Gasteiger partial charge on any atom is -0.388 e. The van der Waals surface area contributed by atoms with E-state index in [1.807, 2.05) is 0 Å². The first-order valence-corrected chi connectivity index (χ1v) is 5.54. The fourth-order valence-corrected chi connectivity index (χ4v) is 1.23. The lowest BCUT2D eigenvalue weighted by Gasteiger charge is -2.07. The molecule has 0 aliphatic carbocycles. The van der Waals surface area contributed by atoms with Crippen LogP contribution in [0.3, 0.4) is 0 Å². The van der Waals surface area contributed by atoms with Gasteiger partial charge in [0.1, 0.15) is 12.7 Å². The lowest BCUT2D eigenvalue weighted by Crippen LogP contribution is -2.15. The van der Waals surface area contributed by atoms with E-state index in [9.17, 15) is 0 Å². The predicted molar refractivity (Wildman–Crippen MR) is 56.4 cm³/mol. The van der Waals surface area contributed by atoms with Crippen LogP contribution in [0.15, 0.2) is 0 Å². The van der Waals surface area contributed by atoms with E-state index < -0.39 is 6.10 Å². The van der Waals surface area contributed by atoms with E-state index in [1.54, 1.807) is 0 Å². The zero-order valence-corrected chi connectivity index (χ0v) is 9.11. The largest absolute Gasteiger partial charge is 0.388 e. The molecular weight excluding hydrogens is 180 g/mol. The highest BCUT2D eigenvalue weighted by molar-refractivity contribution is 4.60. The minimum atomic E-state index is -0.838. The smallest absolute Gasteiger partial charge is 0.111 e. The van der Waals surface area contributed by atoms with Crippen LogP contribution in [0.2, 0.25) is 0 Å². The minimum absolute atomic E-state index is 0.200. The number of rotatable bonds is 10. The molecule has 1 radical (unpaired) electrons. The van der Waals surface area contributed by atoms with Crippen LogP contribution in [-0.4, -0.2) is 29.5 Å². The Morgan fingerprint density at radius 3 is 2.43 bits per heavy atom. The zero-order chi connectivity index (χ0) is 10.6. The summed E-state index contributed by atoms with van der Waals surface area (Å²) in [7, 11) is 0. The number of aliphatic hydroxyl groups excluding tert-OH is 2. The summed E-state index contributed by atoms with van der Waals surface area (Å²) in [5, 5.41) is 17.3. The summed E-state index contributed by atoms with van der Waals surface area (Å²) in [6.45, 7) is 3.83. The van der Waals surface area contributed by atoms with Gasteiger partial charge in [-0.15, -0.1) is 0 Å². The zero-order valence-electron chi connectivity index (χ0n) is 9.11. The second-order valence-electron chi connectivity index (χ2n) is 3.56. The van der Waals surface area contributed by atoms with E-state index in [2.05, 4.69) is 6.92 Å². The van der Waals surface area contributed by atoms with Gasteiger partial charge in [0.2, 0.25) is 0 Å². The van der Waals surface area contributed by atoms with Gasteiger partial charge in [-0.25, -0.2) is 0 Å². The van der Waals surface area contributed by atoms with E-state index in [1.165, 1.54) is 32.1 Å². The number of hydrogen-bond acceptors (Lipinski definition) is 3. The molecular formula is C11H23O3. The Balaban J connectivity index is 2.92. The highest BCUT2D eigenvalue weighted by Crippen LogP contribution is 2.04. The quantitative estimate of drug-likeness (QED) is 0.535. The van der Waals surface area contributed by atoms with Gasteiger partial charge < -0.3 is 14.9 Å². The van der Waals surface area contributed by atoms with Crippen molar-refractivity contribution < 1.29 is 14.9 Å². The summed E-state index contributed by atoms with van der Waals surface area (Å²) in [6, 6.07) is 0. The molecule has 85 valence electrons. The molecule has 0 aliphatic heterocycles. The molecule has 0 bridgehead atoms. The summed E-state index contributed by atoms with van der Waals surface area (Å²) < 4.78 is 5.15. The number of unbranched alkanes of at least 4 members (excludes halogenated alkanes) is 5. The van der Waals surface area contributed by atoms with Crippen molar-refractivity contribution in [2.24, 2.45) is 0 Å². The van der Waals surface area contributed by atoms with Crippen molar-refractivity contribution in [3.8, 4) is 0 Å². The van der Waals surface area contributed by atoms with E-state index in [0.717, 1.165) is 13.0 Å². The summed E-state index contributed by atoms with van der Waals surface area (Å²) in [5.74, 6) is 0. The number of aliphatic hydroxyl groups is 2. The molecule has 2 N–H and O–H groups in total. The second kappa shape index (κ2) is 11.0. The Hall–Kier alpha value is -0.120. The van der Waals surface area contributed by atoms with Crippen molar-refractivity contribution >= 4 is 0 Å². The molecule has 0 heterocycles. The maximum Gasteiger partial charge on any atom is 0.111 e. The summed E-state index contributed by atoms with van der Waals surface area (Å²) >= 11 is 0. The number of ether oxygens (including phenoxy) is 1. The molecule has 1 unspecified atom stereocenters. The molecule has 3 nitrogen and oxygen atoms in total. The fraction of sp³-hybridized carbons (Fsp3) is 0.909. The maximum absolute atomic E-state index is 8.90. The topological polar surface area (TPSA) is 49.7 Å². The van der Waals surface area contributed by atoms with Crippen LogP contribution in [0.5, 0.6) is 0 Å². The van der Waals surface area contributed by atoms with Crippen LogP contribution in [0.25, 0.3) is 0 Å². The van der Waals surface area contributed by atoms with Gasteiger partial charge in [-0.05, 0) is 6.42 Å². The summed E-state index contributed by atoms with van der Waals surface area (Å²) in [6.07, 6.45) is 6.57. The van der Waals surface area contributed by atoms with Crippen LogP contribution in [0.4, 0.5) is 0 Å². The van der Waals surface area contributed by atoms with Gasteiger partial charge in [0.25, 0.3) is 0 Å². The Bertz CT molecular complexity index is 107. The van der Waals surface area contributed by atoms with Gasteiger partial charge >= 0.3 is 0 Å². The van der Waals surface area contributed by atoms with Crippen LogP contribution in [0, 0.1) is 6.61 Å². The monoisotopic (exact) mass is 203 g/mol. The average Bonchev–Trinajstić information content (AvgIpc) is 2.21. The van der Waals surface area contributed by atoms with Gasteiger partial charge in [-0.2, -0.15) is 0 Å².